The van der Waals surface area contributed by atoms with Gasteiger partial charge in [0, 0.05) is 0 Å². The monoisotopic (exact) mass is 472 g/mol. The fourth-order valence-corrected chi connectivity index (χ4v) is 4.37. The lowest BCUT2D eigenvalue weighted by Crippen LogP contribution is -2.50. The number of amides is 1. The summed E-state index contributed by atoms with van der Waals surface area (Å²) in [5, 5.41) is 2.97. The Balaban J connectivity index is 1.94. The van der Waals surface area contributed by atoms with Crippen LogP contribution in [0.25, 0.3) is 0 Å². The number of benzene rings is 2. The van der Waals surface area contributed by atoms with Crippen molar-refractivity contribution in [2.45, 2.75) is 56.4 Å². The zero-order valence-corrected chi connectivity index (χ0v) is 18.1. The average molecular weight is 472 g/mol. The molecule has 0 bridgehead atoms. The molecule has 2 aromatic rings. The SMILES string of the molecule is CC(C(=O)NC1(c2ccccc2)CCC(CN)CC1)c1cc(C(F)(F)F)cc(C(F)(F)F)c1. The Morgan fingerprint density at radius 3 is 1.97 bits per heavy atom. The molecule has 2 aromatic carbocycles. The van der Waals surface area contributed by atoms with Crippen molar-refractivity contribution in [2.24, 2.45) is 11.7 Å². The van der Waals surface area contributed by atoms with Gasteiger partial charge >= 0.3 is 12.4 Å². The van der Waals surface area contributed by atoms with Crippen LogP contribution in [0.4, 0.5) is 26.3 Å². The first kappa shape index (κ1) is 25.1. The Hall–Kier alpha value is -2.55. The normalized spacial score (nSPS) is 22.6. The summed E-state index contributed by atoms with van der Waals surface area (Å²) in [5.74, 6) is -1.55. The number of halogens is 6. The summed E-state index contributed by atoms with van der Waals surface area (Å²) in [4.78, 5) is 13.2. The van der Waals surface area contributed by atoms with Crippen molar-refractivity contribution >= 4 is 5.91 Å². The Morgan fingerprint density at radius 2 is 1.52 bits per heavy atom. The predicted octanol–water partition coefficient (Wildman–Crippen LogP) is 5.99. The summed E-state index contributed by atoms with van der Waals surface area (Å²) >= 11 is 0. The van der Waals surface area contributed by atoms with E-state index in [0.29, 0.717) is 37.4 Å². The molecule has 1 aliphatic rings. The second-order valence-electron chi connectivity index (χ2n) is 8.68. The quantitative estimate of drug-likeness (QED) is 0.526. The lowest BCUT2D eigenvalue weighted by atomic mass is 9.72. The van der Waals surface area contributed by atoms with E-state index in [1.54, 1.807) is 0 Å². The molecule has 0 aliphatic heterocycles. The van der Waals surface area contributed by atoms with Gasteiger partial charge < -0.3 is 11.1 Å². The first-order valence-electron chi connectivity index (χ1n) is 10.7. The van der Waals surface area contributed by atoms with Gasteiger partial charge in [0.15, 0.2) is 0 Å². The van der Waals surface area contributed by atoms with Crippen molar-refractivity contribution in [3.63, 3.8) is 0 Å². The first-order chi connectivity index (χ1) is 15.4. The van der Waals surface area contributed by atoms with Gasteiger partial charge in [0.1, 0.15) is 0 Å². The number of nitrogens with two attached hydrogens (primary N) is 1. The lowest BCUT2D eigenvalue weighted by molar-refractivity contribution is -0.143. The highest BCUT2D eigenvalue weighted by Gasteiger charge is 2.40. The van der Waals surface area contributed by atoms with Crippen LogP contribution in [0.5, 0.6) is 0 Å². The second kappa shape index (κ2) is 9.37. The third kappa shape index (κ3) is 5.69. The minimum Gasteiger partial charge on any atom is -0.346 e. The molecule has 1 saturated carbocycles. The van der Waals surface area contributed by atoms with Crippen LogP contribution in [0.15, 0.2) is 48.5 Å². The molecule has 9 heteroatoms. The number of alkyl halides is 6. The van der Waals surface area contributed by atoms with E-state index in [2.05, 4.69) is 5.32 Å². The fourth-order valence-electron chi connectivity index (χ4n) is 4.37. The molecule has 0 saturated heterocycles. The molecule has 3 rings (SSSR count). The number of rotatable bonds is 5. The molecule has 180 valence electrons. The predicted molar refractivity (Wildman–Crippen MR) is 112 cm³/mol. The van der Waals surface area contributed by atoms with Crippen LogP contribution in [0.1, 0.15) is 60.8 Å². The van der Waals surface area contributed by atoms with Crippen molar-refractivity contribution in [3.8, 4) is 0 Å². The van der Waals surface area contributed by atoms with E-state index in [9.17, 15) is 31.1 Å². The van der Waals surface area contributed by atoms with Crippen LogP contribution in [-0.4, -0.2) is 12.5 Å². The summed E-state index contributed by atoms with van der Waals surface area (Å²) in [7, 11) is 0. The van der Waals surface area contributed by atoms with Gasteiger partial charge in [-0.15, -0.1) is 0 Å². The molecule has 0 heterocycles. The molecule has 0 radical (unpaired) electrons. The summed E-state index contributed by atoms with van der Waals surface area (Å²) in [6.07, 6.45) is -7.29. The topological polar surface area (TPSA) is 55.1 Å². The van der Waals surface area contributed by atoms with Crippen molar-refractivity contribution in [1.82, 2.24) is 5.32 Å². The molecule has 1 aliphatic carbocycles. The third-order valence-corrected chi connectivity index (χ3v) is 6.48. The molecule has 1 amide bonds. The van der Waals surface area contributed by atoms with Gasteiger partial charge in [-0.3, -0.25) is 4.79 Å². The van der Waals surface area contributed by atoms with Gasteiger partial charge in [-0.1, -0.05) is 30.3 Å². The Kier molecular flexibility index (Phi) is 7.12. The Morgan fingerprint density at radius 1 is 1.00 bits per heavy atom. The first-order valence-corrected chi connectivity index (χ1v) is 10.7. The molecule has 3 nitrogen and oxygen atoms in total. The smallest absolute Gasteiger partial charge is 0.346 e. The fraction of sp³-hybridized carbons (Fsp3) is 0.458. The van der Waals surface area contributed by atoms with Crippen LogP contribution >= 0.6 is 0 Å². The summed E-state index contributed by atoms with van der Waals surface area (Å²) in [5.41, 5.74) is 2.66. The van der Waals surface area contributed by atoms with Crippen molar-refractivity contribution < 1.29 is 31.1 Å². The summed E-state index contributed by atoms with van der Waals surface area (Å²) < 4.78 is 79.5. The third-order valence-electron chi connectivity index (χ3n) is 6.48. The maximum Gasteiger partial charge on any atom is 0.416 e. The van der Waals surface area contributed by atoms with Gasteiger partial charge in [0.2, 0.25) is 5.91 Å². The molecule has 1 unspecified atom stereocenters. The standard InChI is InChI=1S/C24H26F6N2O/c1-15(17-11-19(23(25,26)27)13-20(12-17)24(28,29)30)21(33)32-22(18-5-3-2-4-6-18)9-7-16(14-31)8-10-22/h2-6,11-13,15-16H,7-10,14,31H2,1H3,(H,32,33). The highest BCUT2D eigenvalue weighted by Crippen LogP contribution is 2.41. The largest absolute Gasteiger partial charge is 0.416 e. The van der Waals surface area contributed by atoms with Gasteiger partial charge in [0.05, 0.1) is 22.6 Å². The Labute approximate surface area is 188 Å². The van der Waals surface area contributed by atoms with Crippen LogP contribution in [-0.2, 0) is 22.7 Å². The van der Waals surface area contributed by atoms with Crippen LogP contribution in [0.3, 0.4) is 0 Å². The average Bonchev–Trinajstić information content (AvgIpc) is 2.78. The molecule has 1 atom stereocenters. The van der Waals surface area contributed by atoms with Crippen molar-refractivity contribution in [1.29, 1.82) is 0 Å². The minimum atomic E-state index is -4.97. The second-order valence-corrected chi connectivity index (χ2v) is 8.68. The zero-order valence-electron chi connectivity index (χ0n) is 18.1. The maximum absolute atomic E-state index is 13.2. The molecular formula is C24H26F6N2O. The Bertz CT molecular complexity index is 931. The van der Waals surface area contributed by atoms with Crippen LogP contribution in [0, 0.1) is 5.92 Å². The van der Waals surface area contributed by atoms with Gasteiger partial charge in [-0.2, -0.15) is 26.3 Å². The van der Waals surface area contributed by atoms with E-state index < -0.39 is 40.8 Å². The molecular weight excluding hydrogens is 446 g/mol. The molecule has 0 spiro atoms. The number of carbonyl (C=O) groups is 1. The summed E-state index contributed by atoms with van der Waals surface area (Å²) in [6.45, 7) is 1.83. The number of carbonyl (C=O) groups excluding carboxylic acids is 1. The molecule has 1 fully saturated rings. The van der Waals surface area contributed by atoms with E-state index in [0.717, 1.165) is 18.4 Å². The lowest BCUT2D eigenvalue weighted by Gasteiger charge is -2.42. The molecule has 3 N–H and O–H groups in total. The molecule has 0 aromatic heterocycles. The zero-order chi connectivity index (χ0) is 24.4. The van der Waals surface area contributed by atoms with E-state index in [1.807, 2.05) is 30.3 Å². The van der Waals surface area contributed by atoms with E-state index in [-0.39, 0.29) is 11.6 Å². The van der Waals surface area contributed by atoms with Crippen molar-refractivity contribution in [3.05, 3.63) is 70.8 Å². The van der Waals surface area contributed by atoms with Crippen LogP contribution in [0.2, 0.25) is 0 Å². The number of hydrogen-bond acceptors (Lipinski definition) is 2. The molecule has 33 heavy (non-hydrogen) atoms. The van der Waals surface area contributed by atoms with Gasteiger partial charge in [0.25, 0.3) is 0 Å². The number of nitrogens with one attached hydrogen (secondary N) is 1. The van der Waals surface area contributed by atoms with Crippen LogP contribution < -0.4 is 11.1 Å². The highest BCUT2D eigenvalue weighted by molar-refractivity contribution is 5.84. The number of hydrogen-bond donors (Lipinski definition) is 2. The summed E-state index contributed by atoms with van der Waals surface area (Å²) in [6, 6.07) is 10.5. The minimum absolute atomic E-state index is 0.0632. The van der Waals surface area contributed by atoms with Crippen molar-refractivity contribution in [2.75, 3.05) is 6.54 Å². The van der Waals surface area contributed by atoms with E-state index in [4.69, 9.17) is 5.73 Å². The highest BCUT2D eigenvalue weighted by atomic mass is 19.4. The maximum atomic E-state index is 13.2. The van der Waals surface area contributed by atoms with Gasteiger partial charge in [-0.25, -0.2) is 0 Å². The van der Waals surface area contributed by atoms with Gasteiger partial charge in [-0.05, 0) is 74.4 Å². The van der Waals surface area contributed by atoms with E-state index in [1.165, 1.54) is 6.92 Å². The van der Waals surface area contributed by atoms with E-state index >= 15 is 0 Å².